The fourth-order valence-electron chi connectivity index (χ4n) is 5.54. The summed E-state index contributed by atoms with van der Waals surface area (Å²) < 4.78 is 0. The largest absolute Gasteiger partial charge is 0.310 e. The van der Waals surface area contributed by atoms with Crippen LogP contribution in [0.4, 0.5) is 0 Å². The Morgan fingerprint density at radius 3 is 1.32 bits per heavy atom. The lowest BCUT2D eigenvalue weighted by Crippen LogP contribution is -2.78. The summed E-state index contributed by atoms with van der Waals surface area (Å²) in [6, 6.07) is 0.402. The van der Waals surface area contributed by atoms with Crippen LogP contribution >= 0.6 is 0 Å². The summed E-state index contributed by atoms with van der Waals surface area (Å²) in [4.78, 5) is 5.67. The van der Waals surface area contributed by atoms with Crippen LogP contribution in [0.15, 0.2) is 0 Å². The molecule has 34 heavy (non-hydrogen) atoms. The molecular formula is C30H66N4. The Labute approximate surface area is 216 Å². The van der Waals surface area contributed by atoms with Crippen LogP contribution in [0.1, 0.15) is 121 Å². The van der Waals surface area contributed by atoms with Gasteiger partial charge >= 0.3 is 0 Å². The SMILES string of the molecule is CCCCCCCCC(NCC)C(NCC)(N(CC(C)C)CC(C)C)N(CC(C)C)CC(C)C. The lowest BCUT2D eigenvalue weighted by atomic mass is 9.93. The zero-order valence-electron chi connectivity index (χ0n) is 25.5. The van der Waals surface area contributed by atoms with Crippen molar-refractivity contribution in [3.8, 4) is 0 Å². The van der Waals surface area contributed by atoms with Crippen molar-refractivity contribution in [3.63, 3.8) is 0 Å². The maximum atomic E-state index is 4.15. The van der Waals surface area contributed by atoms with Gasteiger partial charge in [-0.1, -0.05) is 115 Å². The molecule has 0 heterocycles. The van der Waals surface area contributed by atoms with Gasteiger partial charge in [-0.05, 0) is 43.2 Å². The van der Waals surface area contributed by atoms with Crippen LogP contribution in [0.3, 0.4) is 0 Å². The first kappa shape index (κ1) is 33.8. The highest BCUT2D eigenvalue weighted by molar-refractivity contribution is 4.99. The van der Waals surface area contributed by atoms with Crippen LogP contribution in [-0.4, -0.2) is 60.9 Å². The minimum absolute atomic E-state index is 0.169. The second kappa shape index (κ2) is 19.0. The Morgan fingerprint density at radius 2 is 0.971 bits per heavy atom. The zero-order chi connectivity index (χ0) is 26.1. The summed E-state index contributed by atoms with van der Waals surface area (Å²) in [5.74, 6) is 2.36. The Bertz CT molecular complexity index is 417. The highest BCUT2D eigenvalue weighted by Crippen LogP contribution is 2.30. The van der Waals surface area contributed by atoms with Gasteiger partial charge in [0, 0.05) is 26.2 Å². The van der Waals surface area contributed by atoms with Crippen LogP contribution in [-0.2, 0) is 0 Å². The second-order valence-corrected chi connectivity index (χ2v) is 12.3. The molecule has 2 N–H and O–H groups in total. The first-order valence-corrected chi connectivity index (χ1v) is 15.0. The molecule has 0 aromatic heterocycles. The van der Waals surface area contributed by atoms with E-state index in [0.29, 0.717) is 29.7 Å². The predicted octanol–water partition coefficient (Wildman–Crippen LogP) is 7.21. The number of nitrogens with zero attached hydrogens (tertiary/aromatic N) is 2. The van der Waals surface area contributed by atoms with Crippen LogP contribution in [0.25, 0.3) is 0 Å². The second-order valence-electron chi connectivity index (χ2n) is 12.3. The van der Waals surface area contributed by atoms with E-state index < -0.39 is 0 Å². The maximum Gasteiger partial charge on any atom is 0.144 e. The quantitative estimate of drug-likeness (QED) is 0.126. The molecule has 0 saturated heterocycles. The molecule has 0 aliphatic heterocycles. The predicted molar refractivity (Wildman–Crippen MR) is 154 cm³/mol. The smallest absolute Gasteiger partial charge is 0.144 e. The average Bonchev–Trinajstić information content (AvgIpc) is 2.71. The zero-order valence-corrected chi connectivity index (χ0v) is 25.5. The third-order valence-electron chi connectivity index (χ3n) is 6.53. The van der Waals surface area contributed by atoms with Gasteiger partial charge in [0.05, 0.1) is 6.04 Å². The van der Waals surface area contributed by atoms with Crippen molar-refractivity contribution in [1.29, 1.82) is 0 Å². The molecule has 0 bridgehead atoms. The summed E-state index contributed by atoms with van der Waals surface area (Å²) in [5, 5.41) is 8.17. The van der Waals surface area contributed by atoms with E-state index in [-0.39, 0.29) is 5.79 Å². The average molecular weight is 483 g/mol. The molecule has 4 heteroatoms. The van der Waals surface area contributed by atoms with E-state index in [9.17, 15) is 0 Å². The fourth-order valence-corrected chi connectivity index (χ4v) is 5.54. The summed E-state index contributed by atoms with van der Waals surface area (Å²) in [7, 11) is 0. The van der Waals surface area contributed by atoms with E-state index in [0.717, 1.165) is 39.3 Å². The summed E-state index contributed by atoms with van der Waals surface area (Å²) in [5.41, 5.74) is 0. The molecule has 0 aromatic rings. The molecule has 0 amide bonds. The Kier molecular flexibility index (Phi) is 18.9. The van der Waals surface area contributed by atoms with Gasteiger partial charge in [-0.25, -0.2) is 0 Å². The maximum absolute atomic E-state index is 4.15. The van der Waals surface area contributed by atoms with Crippen molar-refractivity contribution in [3.05, 3.63) is 0 Å². The summed E-state index contributed by atoms with van der Waals surface area (Å²) >= 11 is 0. The van der Waals surface area contributed by atoms with Gasteiger partial charge in [-0.15, -0.1) is 0 Å². The van der Waals surface area contributed by atoms with Crippen molar-refractivity contribution >= 4 is 0 Å². The van der Waals surface area contributed by atoms with Gasteiger partial charge in [0.25, 0.3) is 0 Å². The van der Waals surface area contributed by atoms with E-state index >= 15 is 0 Å². The molecule has 1 atom stereocenters. The lowest BCUT2D eigenvalue weighted by molar-refractivity contribution is -0.128. The molecule has 0 radical (unpaired) electrons. The van der Waals surface area contributed by atoms with Gasteiger partial charge in [0.15, 0.2) is 0 Å². The first-order valence-electron chi connectivity index (χ1n) is 15.0. The summed E-state index contributed by atoms with van der Waals surface area (Å²) in [6.45, 7) is 32.5. The monoisotopic (exact) mass is 483 g/mol. The number of unbranched alkanes of at least 4 members (excludes halogenated alkanes) is 5. The van der Waals surface area contributed by atoms with Gasteiger partial charge in [0.1, 0.15) is 5.79 Å². The molecule has 0 rings (SSSR count). The Hall–Kier alpha value is -0.160. The highest BCUT2D eigenvalue weighted by atomic mass is 15.5. The molecule has 0 fully saturated rings. The van der Waals surface area contributed by atoms with Gasteiger partial charge in [-0.2, -0.15) is 0 Å². The van der Waals surface area contributed by atoms with Crippen LogP contribution in [0.2, 0.25) is 0 Å². The van der Waals surface area contributed by atoms with E-state index in [2.05, 4.69) is 96.6 Å². The molecule has 0 aliphatic rings. The lowest BCUT2D eigenvalue weighted by Gasteiger charge is -2.57. The number of nitrogens with one attached hydrogen (secondary N) is 2. The first-order chi connectivity index (χ1) is 16.0. The van der Waals surface area contributed by atoms with Crippen molar-refractivity contribution in [2.24, 2.45) is 23.7 Å². The summed E-state index contributed by atoms with van der Waals surface area (Å²) in [6.07, 6.45) is 9.36. The molecule has 206 valence electrons. The third-order valence-corrected chi connectivity index (χ3v) is 6.53. The molecular weight excluding hydrogens is 416 g/mol. The van der Waals surface area contributed by atoms with Gasteiger partial charge < -0.3 is 5.32 Å². The molecule has 0 aromatic carbocycles. The van der Waals surface area contributed by atoms with Crippen molar-refractivity contribution in [1.82, 2.24) is 20.4 Å². The molecule has 0 aliphatic carbocycles. The van der Waals surface area contributed by atoms with Crippen molar-refractivity contribution in [2.75, 3.05) is 39.3 Å². The number of hydrogen-bond acceptors (Lipinski definition) is 4. The van der Waals surface area contributed by atoms with Crippen LogP contribution in [0, 0.1) is 23.7 Å². The van der Waals surface area contributed by atoms with Gasteiger partial charge in [-0.3, -0.25) is 15.1 Å². The molecule has 1 unspecified atom stereocenters. The molecule has 0 saturated carbocycles. The number of hydrogen-bond donors (Lipinski definition) is 2. The Balaban J connectivity index is 6.44. The standard InChI is InChI=1S/C30H66N4/c1-12-15-16-17-18-19-20-29(31-13-2)30(32-14-3,33(21-25(4)5)22-26(6)7)34(23-27(8)9)24-28(10)11/h25-29,31-32H,12-24H2,1-11H3. The van der Waals surface area contributed by atoms with Crippen LogP contribution < -0.4 is 10.6 Å². The topological polar surface area (TPSA) is 30.5 Å². The van der Waals surface area contributed by atoms with Crippen LogP contribution in [0.5, 0.6) is 0 Å². The van der Waals surface area contributed by atoms with E-state index in [1.165, 1.54) is 44.9 Å². The number of likely N-dealkylation sites (N-methyl/N-ethyl adjacent to an activating group) is 2. The van der Waals surface area contributed by atoms with Crippen molar-refractivity contribution in [2.45, 2.75) is 133 Å². The molecule has 4 nitrogen and oxygen atoms in total. The normalized spacial score (nSPS) is 14.0. The van der Waals surface area contributed by atoms with Gasteiger partial charge in [0.2, 0.25) is 0 Å². The highest BCUT2D eigenvalue weighted by Gasteiger charge is 2.48. The number of rotatable bonds is 22. The van der Waals surface area contributed by atoms with E-state index in [4.69, 9.17) is 0 Å². The minimum atomic E-state index is -0.169. The Morgan fingerprint density at radius 1 is 0.559 bits per heavy atom. The van der Waals surface area contributed by atoms with E-state index in [1.807, 2.05) is 0 Å². The third kappa shape index (κ3) is 12.7. The van der Waals surface area contributed by atoms with E-state index in [1.54, 1.807) is 0 Å². The fraction of sp³-hybridized carbons (Fsp3) is 1.00. The molecule has 0 spiro atoms. The van der Waals surface area contributed by atoms with Crippen molar-refractivity contribution < 1.29 is 0 Å². The minimum Gasteiger partial charge on any atom is -0.310 e.